The average molecular weight is 339 g/mol. The van der Waals surface area contributed by atoms with E-state index in [1.807, 2.05) is 48.7 Å². The van der Waals surface area contributed by atoms with Crippen LogP contribution in [0.4, 0.5) is 5.82 Å². The number of para-hydroxylation sites is 1. The number of fused-ring (bicyclic) bond motifs is 2. The predicted molar refractivity (Wildman–Crippen MR) is 102 cm³/mol. The molecule has 0 amide bonds. The van der Waals surface area contributed by atoms with Gasteiger partial charge in [0, 0.05) is 24.3 Å². The van der Waals surface area contributed by atoms with E-state index in [4.69, 9.17) is 9.97 Å². The molecule has 0 N–H and O–H groups in total. The van der Waals surface area contributed by atoms with Gasteiger partial charge in [-0.3, -0.25) is 9.97 Å². The van der Waals surface area contributed by atoms with Crippen LogP contribution in [-0.4, -0.2) is 26.5 Å². The fourth-order valence-corrected chi connectivity index (χ4v) is 3.45. The molecule has 0 atom stereocenters. The second-order valence-corrected chi connectivity index (χ2v) is 6.38. The smallest absolute Gasteiger partial charge is 0.180 e. The molecule has 4 heterocycles. The summed E-state index contributed by atoms with van der Waals surface area (Å²) in [5.74, 6) is 1.61. The third-order valence-corrected chi connectivity index (χ3v) is 4.75. The van der Waals surface area contributed by atoms with Crippen LogP contribution in [0.1, 0.15) is 11.3 Å². The number of anilines is 1. The Morgan fingerprint density at radius 3 is 2.62 bits per heavy atom. The molecule has 1 aliphatic heterocycles. The van der Waals surface area contributed by atoms with Gasteiger partial charge in [-0.25, -0.2) is 9.97 Å². The maximum Gasteiger partial charge on any atom is 0.180 e. The molecule has 3 aromatic heterocycles. The Morgan fingerprint density at radius 2 is 1.69 bits per heavy atom. The molecule has 5 heteroatoms. The van der Waals surface area contributed by atoms with Gasteiger partial charge in [-0.15, -0.1) is 0 Å². The van der Waals surface area contributed by atoms with E-state index in [1.165, 1.54) is 5.56 Å². The molecule has 0 fully saturated rings. The summed E-state index contributed by atoms with van der Waals surface area (Å²) in [5.41, 5.74) is 4.17. The summed E-state index contributed by atoms with van der Waals surface area (Å²) in [6.07, 6.45) is 4.61. The van der Waals surface area contributed by atoms with E-state index in [1.54, 1.807) is 6.20 Å². The Bertz CT molecular complexity index is 1080. The molecular formula is C21H17N5. The van der Waals surface area contributed by atoms with Crippen molar-refractivity contribution in [3.05, 3.63) is 78.2 Å². The van der Waals surface area contributed by atoms with Gasteiger partial charge in [0.05, 0.1) is 17.8 Å². The zero-order chi connectivity index (χ0) is 17.3. The Morgan fingerprint density at radius 1 is 0.808 bits per heavy atom. The van der Waals surface area contributed by atoms with E-state index in [-0.39, 0.29) is 0 Å². The van der Waals surface area contributed by atoms with Crippen LogP contribution in [0.25, 0.3) is 22.4 Å². The summed E-state index contributed by atoms with van der Waals surface area (Å²) in [4.78, 5) is 20.9. The maximum absolute atomic E-state index is 4.89. The molecule has 26 heavy (non-hydrogen) atoms. The van der Waals surface area contributed by atoms with E-state index in [9.17, 15) is 0 Å². The Labute approximate surface area is 151 Å². The van der Waals surface area contributed by atoms with E-state index >= 15 is 0 Å². The first-order valence-corrected chi connectivity index (χ1v) is 8.74. The molecule has 126 valence electrons. The second kappa shape index (κ2) is 6.19. The van der Waals surface area contributed by atoms with Gasteiger partial charge in [-0.1, -0.05) is 24.3 Å². The lowest BCUT2D eigenvalue weighted by atomic mass is 10.0. The van der Waals surface area contributed by atoms with Gasteiger partial charge in [0.25, 0.3) is 0 Å². The van der Waals surface area contributed by atoms with E-state index in [0.717, 1.165) is 47.6 Å². The molecular weight excluding hydrogens is 322 g/mol. The average Bonchev–Trinajstić information content (AvgIpc) is 2.73. The quantitative estimate of drug-likeness (QED) is 0.558. The van der Waals surface area contributed by atoms with Gasteiger partial charge in [0.15, 0.2) is 5.82 Å². The van der Waals surface area contributed by atoms with Gasteiger partial charge in [-0.2, -0.15) is 0 Å². The van der Waals surface area contributed by atoms with Crippen molar-refractivity contribution in [3.8, 4) is 11.5 Å². The van der Waals surface area contributed by atoms with Crippen molar-refractivity contribution in [2.45, 2.75) is 13.0 Å². The molecule has 0 saturated heterocycles. The molecule has 0 saturated carbocycles. The highest BCUT2D eigenvalue weighted by molar-refractivity contribution is 5.91. The van der Waals surface area contributed by atoms with Crippen LogP contribution in [0.2, 0.25) is 0 Å². The fraction of sp³-hybridized carbons (Fsp3) is 0.143. The summed E-state index contributed by atoms with van der Waals surface area (Å²) in [7, 11) is 0. The molecule has 1 aromatic carbocycles. The van der Waals surface area contributed by atoms with Crippen LogP contribution in [0, 0.1) is 0 Å². The molecule has 0 unspecified atom stereocenters. The van der Waals surface area contributed by atoms with Crippen molar-refractivity contribution >= 4 is 16.7 Å². The monoisotopic (exact) mass is 339 g/mol. The van der Waals surface area contributed by atoms with Gasteiger partial charge in [-0.05, 0) is 42.3 Å². The normalized spacial score (nSPS) is 13.6. The van der Waals surface area contributed by atoms with Gasteiger partial charge in [0.2, 0.25) is 0 Å². The first-order valence-electron chi connectivity index (χ1n) is 8.74. The minimum absolute atomic E-state index is 0.658. The molecule has 1 aliphatic rings. The van der Waals surface area contributed by atoms with Gasteiger partial charge in [0.1, 0.15) is 11.5 Å². The van der Waals surface area contributed by atoms with Gasteiger partial charge >= 0.3 is 0 Å². The van der Waals surface area contributed by atoms with Crippen LogP contribution in [0.3, 0.4) is 0 Å². The standard InChI is InChI=1S/C21H17N5/c1-2-8-17-16(7-1)21(25-20(24-17)18-9-3-4-11-22-18)26-13-10-15-6-5-12-23-19(15)14-26/h1-9,11-12H,10,13-14H2. The number of hydrogen-bond acceptors (Lipinski definition) is 5. The first-order chi connectivity index (χ1) is 12.9. The molecule has 0 radical (unpaired) electrons. The van der Waals surface area contributed by atoms with Crippen molar-refractivity contribution in [1.82, 2.24) is 19.9 Å². The number of aromatic nitrogens is 4. The topological polar surface area (TPSA) is 54.8 Å². The zero-order valence-electron chi connectivity index (χ0n) is 14.2. The lowest BCUT2D eigenvalue weighted by Crippen LogP contribution is -2.32. The Hall–Kier alpha value is -3.34. The van der Waals surface area contributed by atoms with Crippen LogP contribution >= 0.6 is 0 Å². The second-order valence-electron chi connectivity index (χ2n) is 6.38. The minimum atomic E-state index is 0.658. The van der Waals surface area contributed by atoms with Crippen molar-refractivity contribution in [3.63, 3.8) is 0 Å². The van der Waals surface area contributed by atoms with Crippen molar-refractivity contribution in [1.29, 1.82) is 0 Å². The zero-order valence-corrected chi connectivity index (χ0v) is 14.2. The Kier molecular flexibility index (Phi) is 3.56. The number of nitrogens with zero attached hydrogens (tertiary/aromatic N) is 5. The maximum atomic E-state index is 4.89. The SMILES string of the molecule is c1ccc(-c2nc(N3CCc4cccnc4C3)c3ccccc3n2)nc1. The first kappa shape index (κ1) is 15.0. The largest absolute Gasteiger partial charge is 0.350 e. The van der Waals surface area contributed by atoms with Crippen LogP contribution in [0.15, 0.2) is 67.0 Å². The lowest BCUT2D eigenvalue weighted by Gasteiger charge is -2.30. The highest BCUT2D eigenvalue weighted by Crippen LogP contribution is 2.30. The third kappa shape index (κ3) is 2.58. The van der Waals surface area contributed by atoms with E-state index in [0.29, 0.717) is 5.82 Å². The van der Waals surface area contributed by atoms with E-state index in [2.05, 4.69) is 27.0 Å². The van der Waals surface area contributed by atoms with Crippen molar-refractivity contribution in [2.75, 3.05) is 11.4 Å². The molecule has 0 spiro atoms. The predicted octanol–water partition coefficient (Wildman–Crippen LogP) is 3.65. The summed E-state index contributed by atoms with van der Waals surface area (Å²) >= 11 is 0. The molecule has 0 aliphatic carbocycles. The van der Waals surface area contributed by atoms with Gasteiger partial charge < -0.3 is 4.90 Å². The molecule has 4 aromatic rings. The number of hydrogen-bond donors (Lipinski definition) is 0. The van der Waals surface area contributed by atoms with Crippen LogP contribution in [-0.2, 0) is 13.0 Å². The number of rotatable bonds is 2. The molecule has 5 nitrogen and oxygen atoms in total. The number of benzene rings is 1. The summed E-state index contributed by atoms with van der Waals surface area (Å²) in [6.45, 7) is 1.68. The fourth-order valence-electron chi connectivity index (χ4n) is 3.45. The minimum Gasteiger partial charge on any atom is -0.350 e. The Balaban J connectivity index is 1.65. The lowest BCUT2D eigenvalue weighted by molar-refractivity contribution is 0.703. The highest BCUT2D eigenvalue weighted by Gasteiger charge is 2.21. The van der Waals surface area contributed by atoms with E-state index < -0.39 is 0 Å². The summed E-state index contributed by atoms with van der Waals surface area (Å²) in [6, 6.07) is 18.1. The van der Waals surface area contributed by atoms with Crippen molar-refractivity contribution < 1.29 is 0 Å². The highest BCUT2D eigenvalue weighted by atomic mass is 15.2. The molecule has 5 rings (SSSR count). The summed E-state index contributed by atoms with van der Waals surface area (Å²) < 4.78 is 0. The van der Waals surface area contributed by atoms with Crippen molar-refractivity contribution in [2.24, 2.45) is 0 Å². The summed E-state index contributed by atoms with van der Waals surface area (Å²) in [5, 5.41) is 1.06. The number of pyridine rings is 2. The third-order valence-electron chi connectivity index (χ3n) is 4.75. The van der Waals surface area contributed by atoms with Crippen LogP contribution < -0.4 is 4.90 Å². The van der Waals surface area contributed by atoms with Crippen LogP contribution in [0.5, 0.6) is 0 Å². The molecule has 0 bridgehead atoms.